The summed E-state index contributed by atoms with van der Waals surface area (Å²) in [6.45, 7) is 2.74. The van der Waals surface area contributed by atoms with Crippen LogP contribution in [0.5, 0.6) is 5.75 Å². The first-order valence-corrected chi connectivity index (χ1v) is 8.82. The predicted molar refractivity (Wildman–Crippen MR) is 91.0 cm³/mol. The van der Waals surface area contributed by atoms with Gasteiger partial charge in [0.2, 0.25) is 0 Å². The molecule has 0 heterocycles. The van der Waals surface area contributed by atoms with Crippen LogP contribution in [0.15, 0.2) is 30.3 Å². The van der Waals surface area contributed by atoms with Gasteiger partial charge in [0.15, 0.2) is 0 Å². The van der Waals surface area contributed by atoms with Crippen molar-refractivity contribution in [1.82, 2.24) is 0 Å². The molecule has 0 unspecified atom stereocenters. The van der Waals surface area contributed by atoms with Crippen molar-refractivity contribution in [2.75, 3.05) is 0 Å². The lowest BCUT2D eigenvalue weighted by Gasteiger charge is -2.33. The van der Waals surface area contributed by atoms with E-state index in [-0.39, 0.29) is 24.0 Å². The van der Waals surface area contributed by atoms with Gasteiger partial charge in [-0.25, -0.2) is 4.39 Å². The fourth-order valence-electron chi connectivity index (χ4n) is 3.09. The topological polar surface area (TPSA) is 9.23 Å². The van der Waals surface area contributed by atoms with E-state index in [0.29, 0.717) is 12.1 Å². The maximum atomic E-state index is 15.1. The van der Waals surface area contributed by atoms with Gasteiger partial charge in [-0.2, -0.15) is 26.3 Å². The van der Waals surface area contributed by atoms with Gasteiger partial charge in [-0.3, -0.25) is 0 Å². The molecule has 0 aliphatic rings. The molecule has 0 saturated heterocycles. The second-order valence-corrected chi connectivity index (χ2v) is 6.47. The molecule has 0 bridgehead atoms. The zero-order valence-electron chi connectivity index (χ0n) is 16.0. The Kier molecular flexibility index (Phi) is 6.59. The highest BCUT2D eigenvalue weighted by Gasteiger charge is 2.74. The maximum Gasteiger partial charge on any atom is 0.573 e. The molecule has 1 nitrogen and oxygen atoms in total. The highest BCUT2D eigenvalue weighted by atomic mass is 19.4. The number of rotatable bonds is 5. The summed E-state index contributed by atoms with van der Waals surface area (Å²) >= 11 is 0. The zero-order valence-corrected chi connectivity index (χ0v) is 16.0. The standard InChI is InChI=1S/C20H15F10O/c1-3-11-9-12(4-2)16(13-7-5-6-8-15(13)31-20(28,29)30)14(10-11)17(21,18(22,23)24)19(25,26)27/h5-8,10H,3-4H2,1-2H3. The van der Waals surface area contributed by atoms with E-state index in [1.807, 2.05) is 0 Å². The highest BCUT2D eigenvalue weighted by molar-refractivity contribution is 5.78. The molecule has 0 spiro atoms. The highest BCUT2D eigenvalue weighted by Crippen LogP contribution is 2.56. The van der Waals surface area contributed by atoms with Crippen LogP contribution < -0.4 is 4.74 Å². The minimum Gasteiger partial charge on any atom is -0.405 e. The van der Waals surface area contributed by atoms with Crippen molar-refractivity contribution in [3.63, 3.8) is 0 Å². The fourth-order valence-corrected chi connectivity index (χ4v) is 3.09. The second kappa shape index (κ2) is 8.23. The number of para-hydroxylation sites is 1. The van der Waals surface area contributed by atoms with E-state index in [9.17, 15) is 39.5 Å². The molecular weight excluding hydrogens is 446 g/mol. The van der Waals surface area contributed by atoms with Crippen molar-refractivity contribution < 1.29 is 48.6 Å². The van der Waals surface area contributed by atoms with E-state index in [0.717, 1.165) is 18.2 Å². The monoisotopic (exact) mass is 461 g/mol. The van der Waals surface area contributed by atoms with E-state index < -0.39 is 46.8 Å². The van der Waals surface area contributed by atoms with E-state index in [4.69, 9.17) is 0 Å². The number of halogens is 10. The van der Waals surface area contributed by atoms with Gasteiger partial charge in [0.1, 0.15) is 5.75 Å². The van der Waals surface area contributed by atoms with Gasteiger partial charge >= 0.3 is 24.4 Å². The van der Waals surface area contributed by atoms with Gasteiger partial charge < -0.3 is 4.74 Å². The number of alkyl halides is 10. The molecule has 0 aliphatic carbocycles. The largest absolute Gasteiger partial charge is 0.573 e. The lowest BCUT2D eigenvalue weighted by atomic mass is 9.82. The Morgan fingerprint density at radius 3 is 1.81 bits per heavy atom. The van der Waals surface area contributed by atoms with Crippen molar-refractivity contribution in [2.24, 2.45) is 0 Å². The normalized spacial score (nSPS) is 13.4. The van der Waals surface area contributed by atoms with E-state index in [1.165, 1.54) is 13.8 Å². The summed E-state index contributed by atoms with van der Waals surface area (Å²) in [5.41, 5.74) is -9.97. The van der Waals surface area contributed by atoms with Crippen LogP contribution in [-0.2, 0) is 18.5 Å². The minimum absolute atomic E-state index is 0.0905. The molecule has 2 rings (SSSR count). The number of hydrogen-bond acceptors (Lipinski definition) is 1. The molecule has 0 N–H and O–H groups in total. The van der Waals surface area contributed by atoms with Gasteiger partial charge in [-0.15, -0.1) is 13.2 Å². The van der Waals surface area contributed by atoms with Crippen LogP contribution in [0.25, 0.3) is 11.1 Å². The Bertz CT molecular complexity index is 911. The van der Waals surface area contributed by atoms with Crippen LogP contribution in [0, 0.1) is 6.07 Å². The summed E-state index contributed by atoms with van der Waals surface area (Å²) in [6.07, 6.45) is -18.5. The van der Waals surface area contributed by atoms with Crippen LogP contribution in [0.2, 0.25) is 0 Å². The predicted octanol–water partition coefficient (Wildman–Crippen LogP) is 7.47. The van der Waals surface area contributed by atoms with Crippen molar-refractivity contribution in [2.45, 2.75) is 51.1 Å². The lowest BCUT2D eigenvalue weighted by Crippen LogP contribution is -2.50. The first-order chi connectivity index (χ1) is 14.1. The molecule has 2 aromatic carbocycles. The molecule has 1 radical (unpaired) electrons. The van der Waals surface area contributed by atoms with Crippen molar-refractivity contribution in [1.29, 1.82) is 0 Å². The molecular formula is C20H15F10O. The molecule has 11 heteroatoms. The molecule has 0 atom stereocenters. The summed E-state index contributed by atoms with van der Waals surface area (Å²) in [6, 6.07) is 6.56. The van der Waals surface area contributed by atoms with Crippen LogP contribution in [0.4, 0.5) is 43.9 Å². The van der Waals surface area contributed by atoms with E-state index in [2.05, 4.69) is 10.8 Å². The molecule has 0 saturated carbocycles. The quantitative estimate of drug-likeness (QED) is 0.420. The minimum atomic E-state index is -6.45. The average molecular weight is 461 g/mol. The van der Waals surface area contributed by atoms with Gasteiger partial charge in [0.25, 0.3) is 0 Å². The van der Waals surface area contributed by atoms with Crippen LogP contribution in [0.1, 0.15) is 30.5 Å². The summed E-state index contributed by atoms with van der Waals surface area (Å²) < 4.78 is 138. The average Bonchev–Trinajstić information content (AvgIpc) is 2.63. The maximum absolute atomic E-state index is 15.1. The van der Waals surface area contributed by atoms with Gasteiger partial charge in [-0.05, 0) is 41.7 Å². The second-order valence-electron chi connectivity index (χ2n) is 6.47. The Morgan fingerprint density at radius 1 is 0.806 bits per heavy atom. The number of hydrogen-bond donors (Lipinski definition) is 0. The third kappa shape index (κ3) is 4.74. The molecule has 2 aromatic rings. The number of aryl methyl sites for hydroxylation is 2. The number of benzene rings is 2. The van der Waals surface area contributed by atoms with Gasteiger partial charge in [0.05, 0.1) is 0 Å². The molecule has 171 valence electrons. The molecule has 0 fully saturated rings. The van der Waals surface area contributed by atoms with E-state index in [1.54, 1.807) is 0 Å². The molecule has 31 heavy (non-hydrogen) atoms. The summed E-state index contributed by atoms with van der Waals surface area (Å²) in [7, 11) is 0. The van der Waals surface area contributed by atoms with Crippen LogP contribution in [0.3, 0.4) is 0 Å². The fraction of sp³-hybridized carbons (Fsp3) is 0.400. The summed E-state index contributed by atoms with van der Waals surface area (Å²) in [4.78, 5) is 0. The Morgan fingerprint density at radius 2 is 1.35 bits per heavy atom. The van der Waals surface area contributed by atoms with Crippen molar-refractivity contribution in [3.05, 3.63) is 53.1 Å². The third-order valence-electron chi connectivity index (χ3n) is 4.47. The Hall–Kier alpha value is -2.46. The Balaban J connectivity index is 3.03. The van der Waals surface area contributed by atoms with Crippen LogP contribution in [-0.4, -0.2) is 18.7 Å². The van der Waals surface area contributed by atoms with Crippen molar-refractivity contribution >= 4 is 0 Å². The molecule has 0 amide bonds. The zero-order chi connectivity index (χ0) is 23.8. The Labute approximate surface area is 170 Å². The molecule has 0 aliphatic heterocycles. The van der Waals surface area contributed by atoms with Crippen LogP contribution >= 0.6 is 0 Å². The van der Waals surface area contributed by atoms with Gasteiger partial charge in [-0.1, -0.05) is 38.1 Å². The SMILES string of the molecule is CCc1[c]c(CC)c(-c2ccccc2OC(F)(F)F)c(C(F)(C(F)(F)F)C(F)(F)F)c1. The van der Waals surface area contributed by atoms with E-state index >= 15 is 4.39 Å². The first-order valence-electron chi connectivity index (χ1n) is 8.82. The third-order valence-corrected chi connectivity index (χ3v) is 4.47. The lowest BCUT2D eigenvalue weighted by molar-refractivity contribution is -0.348. The molecule has 0 aromatic heterocycles. The summed E-state index contributed by atoms with van der Waals surface area (Å²) in [5, 5.41) is 0. The number of ether oxygens (including phenoxy) is 1. The summed E-state index contributed by atoms with van der Waals surface area (Å²) in [5.74, 6) is -1.07. The smallest absolute Gasteiger partial charge is 0.405 e. The first kappa shape index (κ1) is 24.8. The van der Waals surface area contributed by atoms with Gasteiger partial charge in [0, 0.05) is 11.1 Å². The van der Waals surface area contributed by atoms with Crippen molar-refractivity contribution in [3.8, 4) is 16.9 Å².